The van der Waals surface area contributed by atoms with Crippen LogP contribution in [0.3, 0.4) is 0 Å². The average molecular weight is 642 g/mol. The number of hydrogen-bond acceptors (Lipinski definition) is 0. The molecule has 3 heteroatoms. The Hall–Kier alpha value is -2.31. The first-order valence-electron chi connectivity index (χ1n) is 14.2. The summed E-state index contributed by atoms with van der Waals surface area (Å²) in [5, 5.41) is 0. The van der Waals surface area contributed by atoms with Crippen LogP contribution in [0, 0.1) is 0 Å². The summed E-state index contributed by atoms with van der Waals surface area (Å²) < 4.78 is 2.11. The molecule has 0 aliphatic heterocycles. The first-order valence-corrected chi connectivity index (χ1v) is 16.8. The molecule has 0 aromatic heterocycles. The fourth-order valence-electron chi connectivity index (χ4n) is 6.33. The van der Waals surface area contributed by atoms with Gasteiger partial charge >= 0.3 is 240 Å². The van der Waals surface area contributed by atoms with Crippen LogP contribution in [0.15, 0.2) is 109 Å². The standard InChI is InChI=1S/C24H25.C13H10.2ClH.Zr/c1-3-8-17-12-7-13-20-16-22-21(24(17)20)15-14-18(9-4-2)23(22)19-10-5-6-11-19;1-3-7-12(8-4-1)11-13-9-5-2-6-10-13;;;/h5-7,10,12-16H,3-4,8-9,11H2,1-2H3;1-10H;2*1H;/q;;;;+2/p-2. The van der Waals surface area contributed by atoms with Gasteiger partial charge in [0.2, 0.25) is 0 Å². The molecule has 0 radical (unpaired) electrons. The Kier molecular flexibility index (Phi) is 10.8. The maximum absolute atomic E-state index is 2.48. The van der Waals surface area contributed by atoms with E-state index in [1.165, 1.54) is 46.2 Å². The molecule has 2 aliphatic rings. The Morgan fingerprint density at radius 1 is 0.700 bits per heavy atom. The van der Waals surface area contributed by atoms with Crippen molar-refractivity contribution in [2.45, 2.75) is 49.6 Å². The Balaban J connectivity index is 0.00000185. The molecule has 201 valence electrons. The van der Waals surface area contributed by atoms with Crippen molar-refractivity contribution in [1.29, 1.82) is 0 Å². The maximum Gasteiger partial charge on any atom is -1.00 e. The maximum atomic E-state index is 2.48. The van der Waals surface area contributed by atoms with Crippen LogP contribution in [-0.4, -0.2) is 3.21 Å². The monoisotopic (exact) mass is 639 g/mol. The zero-order valence-corrected chi connectivity index (χ0v) is 27.2. The van der Waals surface area contributed by atoms with E-state index in [2.05, 4.69) is 123 Å². The Morgan fingerprint density at radius 3 is 1.90 bits per heavy atom. The fraction of sp³-hybridized carbons (Fsp3) is 0.216. The zero-order chi connectivity index (χ0) is 25.9. The Morgan fingerprint density at radius 2 is 1.32 bits per heavy atom. The molecule has 1 unspecified atom stereocenters. The quantitative estimate of drug-likeness (QED) is 0.277. The van der Waals surface area contributed by atoms with Crippen molar-refractivity contribution < 1.29 is 47.6 Å². The molecule has 0 saturated carbocycles. The molecule has 4 aromatic rings. The number of fused-ring (bicyclic) bond motifs is 3. The van der Waals surface area contributed by atoms with Gasteiger partial charge in [0.15, 0.2) is 0 Å². The summed E-state index contributed by atoms with van der Waals surface area (Å²) in [7, 11) is 0. The van der Waals surface area contributed by atoms with Gasteiger partial charge in [-0.1, -0.05) is 0 Å². The van der Waals surface area contributed by atoms with Crippen molar-refractivity contribution in [2.24, 2.45) is 0 Å². The van der Waals surface area contributed by atoms with E-state index in [1.54, 1.807) is 25.5 Å². The third-order valence-electron chi connectivity index (χ3n) is 7.93. The SMILES string of the molecule is CCCc1ccc2c(c1C1=CC=CC1)[CH]([Zr+2]=[C](c1ccccc1)c1ccccc1)c1cccc(CCC)c1-2.[Cl-].[Cl-]. The van der Waals surface area contributed by atoms with Gasteiger partial charge in [-0.3, -0.25) is 0 Å². The van der Waals surface area contributed by atoms with Crippen molar-refractivity contribution >= 4 is 8.78 Å². The van der Waals surface area contributed by atoms with Crippen LogP contribution < -0.4 is 24.8 Å². The van der Waals surface area contributed by atoms with Crippen molar-refractivity contribution in [3.8, 4) is 11.1 Å². The molecule has 6 rings (SSSR count). The van der Waals surface area contributed by atoms with E-state index >= 15 is 0 Å². The van der Waals surface area contributed by atoms with Gasteiger partial charge in [0, 0.05) is 0 Å². The van der Waals surface area contributed by atoms with Gasteiger partial charge in [-0.25, -0.2) is 0 Å². The van der Waals surface area contributed by atoms with Crippen molar-refractivity contribution in [1.82, 2.24) is 0 Å². The molecule has 40 heavy (non-hydrogen) atoms. The molecule has 0 heterocycles. The Labute approximate surface area is 263 Å². The second-order valence-corrected chi connectivity index (χ2v) is 13.8. The van der Waals surface area contributed by atoms with Gasteiger partial charge in [-0.2, -0.15) is 0 Å². The molecule has 0 bridgehead atoms. The molecular weight excluding hydrogens is 607 g/mol. The third-order valence-corrected chi connectivity index (χ3v) is 12.2. The third kappa shape index (κ3) is 5.85. The van der Waals surface area contributed by atoms with Gasteiger partial charge in [-0.05, 0) is 0 Å². The minimum atomic E-state index is -1.14. The van der Waals surface area contributed by atoms with Crippen molar-refractivity contribution in [3.05, 3.63) is 148 Å². The predicted molar refractivity (Wildman–Crippen MR) is 160 cm³/mol. The average Bonchev–Trinajstić information content (AvgIpc) is 3.60. The summed E-state index contributed by atoms with van der Waals surface area (Å²) in [6, 6.07) is 34.5. The molecule has 0 nitrogen and oxygen atoms in total. The molecule has 0 fully saturated rings. The first-order chi connectivity index (χ1) is 18.8. The number of aryl methyl sites for hydroxylation is 2. The number of halogens is 2. The molecule has 4 aromatic carbocycles. The second kappa shape index (κ2) is 14.0. The summed E-state index contributed by atoms with van der Waals surface area (Å²) in [6.45, 7) is 4.63. The second-order valence-electron chi connectivity index (χ2n) is 10.5. The van der Waals surface area contributed by atoms with E-state index in [-0.39, 0.29) is 24.8 Å². The van der Waals surface area contributed by atoms with Crippen LogP contribution in [0.4, 0.5) is 0 Å². The topological polar surface area (TPSA) is 0 Å². The van der Waals surface area contributed by atoms with E-state index in [9.17, 15) is 0 Å². The summed E-state index contributed by atoms with van der Waals surface area (Å²) in [5.74, 6) is 0. The normalized spacial score (nSPS) is 14.3. The van der Waals surface area contributed by atoms with E-state index in [4.69, 9.17) is 0 Å². The number of rotatable bonds is 8. The van der Waals surface area contributed by atoms with Crippen molar-refractivity contribution in [3.63, 3.8) is 0 Å². The first kappa shape index (κ1) is 30.6. The van der Waals surface area contributed by atoms with Gasteiger partial charge in [-0.15, -0.1) is 0 Å². The van der Waals surface area contributed by atoms with Gasteiger partial charge in [0.05, 0.1) is 0 Å². The van der Waals surface area contributed by atoms with Crippen LogP contribution >= 0.6 is 0 Å². The summed E-state index contributed by atoms with van der Waals surface area (Å²) in [6.07, 6.45) is 12.7. The smallest absolute Gasteiger partial charge is 1.00 e. The minimum Gasteiger partial charge on any atom is -1.00 e. The van der Waals surface area contributed by atoms with E-state index in [0.29, 0.717) is 3.63 Å². The van der Waals surface area contributed by atoms with Crippen LogP contribution in [0.25, 0.3) is 16.7 Å². The van der Waals surface area contributed by atoms with Crippen molar-refractivity contribution in [2.75, 3.05) is 0 Å². The van der Waals surface area contributed by atoms with E-state index < -0.39 is 22.8 Å². The summed E-state index contributed by atoms with van der Waals surface area (Å²) >= 11 is -1.14. The van der Waals surface area contributed by atoms with Gasteiger partial charge in [0.1, 0.15) is 0 Å². The number of hydrogen-bond donors (Lipinski definition) is 0. The van der Waals surface area contributed by atoms with E-state index in [0.717, 1.165) is 19.3 Å². The van der Waals surface area contributed by atoms with Crippen LogP contribution in [0.1, 0.15) is 75.7 Å². The molecular formula is C37H35Cl2Zr. The summed E-state index contributed by atoms with van der Waals surface area (Å²) in [4.78, 5) is 0. The number of allylic oxidation sites excluding steroid dienone is 4. The van der Waals surface area contributed by atoms with Crippen LogP contribution in [0.5, 0.6) is 0 Å². The van der Waals surface area contributed by atoms with E-state index in [1.807, 2.05) is 0 Å². The molecule has 0 saturated heterocycles. The molecule has 0 spiro atoms. The van der Waals surface area contributed by atoms with Gasteiger partial charge < -0.3 is 24.8 Å². The minimum absolute atomic E-state index is 0. The molecule has 2 aliphatic carbocycles. The fourth-order valence-corrected chi connectivity index (χ4v) is 10.7. The Bertz CT molecular complexity index is 1510. The predicted octanol–water partition coefficient (Wildman–Crippen LogP) is 3.36. The number of benzene rings is 4. The van der Waals surface area contributed by atoms with Crippen LogP contribution in [-0.2, 0) is 35.6 Å². The molecule has 0 N–H and O–H groups in total. The largest absolute Gasteiger partial charge is 1.00 e. The van der Waals surface area contributed by atoms with Crippen LogP contribution in [0.2, 0.25) is 0 Å². The molecule has 1 atom stereocenters. The zero-order valence-electron chi connectivity index (χ0n) is 23.3. The van der Waals surface area contributed by atoms with Gasteiger partial charge in [0.25, 0.3) is 0 Å². The summed E-state index contributed by atoms with van der Waals surface area (Å²) in [5.41, 5.74) is 15.2. The molecule has 0 amide bonds.